The summed E-state index contributed by atoms with van der Waals surface area (Å²) < 4.78 is 16.2. The zero-order valence-corrected chi connectivity index (χ0v) is 12.8. The highest BCUT2D eigenvalue weighted by molar-refractivity contribution is 6.31. The summed E-state index contributed by atoms with van der Waals surface area (Å²) in [6.07, 6.45) is 2.30. The van der Waals surface area contributed by atoms with Gasteiger partial charge in [0.1, 0.15) is 18.0 Å². The summed E-state index contributed by atoms with van der Waals surface area (Å²) in [5, 5.41) is 8.68. The number of aliphatic imine (C=N–C) groups is 1. The minimum Gasteiger partial charge on any atom is -0.285 e. The van der Waals surface area contributed by atoms with Gasteiger partial charge in [-0.1, -0.05) is 23.7 Å². The lowest BCUT2D eigenvalue weighted by atomic mass is 9.99. The van der Waals surface area contributed by atoms with Crippen molar-refractivity contribution in [3.63, 3.8) is 0 Å². The number of benzene rings is 2. The summed E-state index contributed by atoms with van der Waals surface area (Å²) in [7, 11) is 0. The Morgan fingerprint density at radius 2 is 1.96 bits per heavy atom. The van der Waals surface area contributed by atoms with Gasteiger partial charge in [-0.25, -0.2) is 4.39 Å². The Balaban J connectivity index is 2.00. The fourth-order valence-electron chi connectivity index (χ4n) is 2.78. The maximum atomic E-state index is 14.3. The maximum absolute atomic E-state index is 14.3. The van der Waals surface area contributed by atoms with E-state index >= 15 is 0 Å². The van der Waals surface area contributed by atoms with Gasteiger partial charge in [-0.05, 0) is 30.3 Å². The standard InChI is InChI=1S/C17H12ClFN4/c18-11-5-6-15-13(9-11)17(12-3-1-2-4-14(12)19)20-8-7-16-22-21-10-23(15)16/h1-6,9-10H,7-8H2/b20-17-. The van der Waals surface area contributed by atoms with Crippen LogP contribution in [0.4, 0.5) is 4.39 Å². The highest BCUT2D eigenvalue weighted by Gasteiger charge is 2.20. The van der Waals surface area contributed by atoms with E-state index in [4.69, 9.17) is 11.6 Å². The second-order valence-corrected chi connectivity index (χ2v) is 5.68. The van der Waals surface area contributed by atoms with Crippen molar-refractivity contribution < 1.29 is 4.39 Å². The molecule has 0 saturated heterocycles. The number of hydrogen-bond acceptors (Lipinski definition) is 3. The van der Waals surface area contributed by atoms with E-state index in [0.717, 1.165) is 17.1 Å². The first kappa shape index (κ1) is 14.1. The van der Waals surface area contributed by atoms with Crippen LogP contribution in [0.2, 0.25) is 5.02 Å². The fraction of sp³-hybridized carbons (Fsp3) is 0.118. The third-order valence-electron chi connectivity index (χ3n) is 3.83. The first-order valence-electron chi connectivity index (χ1n) is 7.22. The van der Waals surface area contributed by atoms with Crippen LogP contribution in [0.15, 0.2) is 53.8 Å². The Bertz CT molecular complexity index is 916. The molecule has 4 nitrogen and oxygen atoms in total. The molecular weight excluding hydrogens is 315 g/mol. The van der Waals surface area contributed by atoms with Crippen LogP contribution < -0.4 is 0 Å². The molecule has 0 saturated carbocycles. The van der Waals surface area contributed by atoms with E-state index < -0.39 is 0 Å². The first-order valence-corrected chi connectivity index (χ1v) is 7.60. The van der Waals surface area contributed by atoms with E-state index in [-0.39, 0.29) is 5.82 Å². The lowest BCUT2D eigenvalue weighted by Crippen LogP contribution is -2.16. The Kier molecular flexibility index (Phi) is 3.42. The van der Waals surface area contributed by atoms with Crippen molar-refractivity contribution in [2.75, 3.05) is 6.54 Å². The Morgan fingerprint density at radius 1 is 1.09 bits per heavy atom. The number of aromatic nitrogens is 3. The molecule has 1 aliphatic rings. The Hall–Kier alpha value is -2.53. The van der Waals surface area contributed by atoms with E-state index in [2.05, 4.69) is 15.2 Å². The van der Waals surface area contributed by atoms with Gasteiger partial charge >= 0.3 is 0 Å². The SMILES string of the molecule is Fc1ccccc1/C1=N/CCc2nncn2-c2ccc(Cl)cc21. The van der Waals surface area contributed by atoms with Gasteiger partial charge in [0.15, 0.2) is 0 Å². The van der Waals surface area contributed by atoms with Crippen molar-refractivity contribution in [3.05, 3.63) is 76.6 Å². The molecule has 0 N–H and O–H groups in total. The van der Waals surface area contributed by atoms with Crippen LogP contribution >= 0.6 is 11.6 Å². The normalized spacial score (nSPS) is 15.8. The van der Waals surface area contributed by atoms with Gasteiger partial charge in [0.2, 0.25) is 0 Å². The third-order valence-corrected chi connectivity index (χ3v) is 4.06. The zero-order chi connectivity index (χ0) is 15.8. The Morgan fingerprint density at radius 3 is 2.83 bits per heavy atom. The van der Waals surface area contributed by atoms with Crippen LogP contribution in [-0.2, 0) is 6.42 Å². The molecule has 0 bridgehead atoms. The zero-order valence-electron chi connectivity index (χ0n) is 12.1. The minimum absolute atomic E-state index is 0.304. The maximum Gasteiger partial charge on any atom is 0.139 e. The molecule has 0 unspecified atom stereocenters. The molecule has 0 radical (unpaired) electrons. The molecule has 0 atom stereocenters. The Labute approximate surface area is 137 Å². The van der Waals surface area contributed by atoms with Gasteiger partial charge in [0.05, 0.1) is 11.4 Å². The monoisotopic (exact) mass is 326 g/mol. The van der Waals surface area contributed by atoms with E-state index in [1.807, 2.05) is 10.6 Å². The van der Waals surface area contributed by atoms with Crippen LogP contribution in [0.25, 0.3) is 5.69 Å². The number of fused-ring (bicyclic) bond motifs is 3. The van der Waals surface area contributed by atoms with Crippen molar-refractivity contribution in [3.8, 4) is 5.69 Å². The molecule has 114 valence electrons. The first-order chi connectivity index (χ1) is 11.2. The summed E-state index contributed by atoms with van der Waals surface area (Å²) in [5.41, 5.74) is 2.67. The largest absolute Gasteiger partial charge is 0.285 e. The molecule has 2 heterocycles. The smallest absolute Gasteiger partial charge is 0.139 e. The number of nitrogens with zero attached hydrogens (tertiary/aromatic N) is 4. The van der Waals surface area contributed by atoms with Crippen LogP contribution in [0, 0.1) is 5.82 Å². The van der Waals surface area contributed by atoms with Gasteiger partial charge in [-0.15, -0.1) is 10.2 Å². The van der Waals surface area contributed by atoms with Crippen molar-refractivity contribution in [2.24, 2.45) is 4.99 Å². The molecule has 0 aliphatic carbocycles. The summed E-state index contributed by atoms with van der Waals surface area (Å²) in [4.78, 5) is 4.61. The van der Waals surface area contributed by atoms with E-state index in [9.17, 15) is 4.39 Å². The second kappa shape index (κ2) is 5.59. The average molecular weight is 327 g/mol. The molecule has 0 fully saturated rings. The number of hydrogen-bond donors (Lipinski definition) is 0. The highest BCUT2D eigenvalue weighted by Crippen LogP contribution is 2.26. The predicted octanol–water partition coefficient (Wildman–Crippen LogP) is 3.45. The summed E-state index contributed by atoms with van der Waals surface area (Å²) >= 11 is 6.18. The lowest BCUT2D eigenvalue weighted by molar-refractivity contribution is 0.625. The van der Waals surface area contributed by atoms with E-state index in [1.165, 1.54) is 6.07 Å². The van der Waals surface area contributed by atoms with Gasteiger partial charge in [-0.2, -0.15) is 0 Å². The molecule has 2 aromatic carbocycles. The topological polar surface area (TPSA) is 43.1 Å². The van der Waals surface area contributed by atoms with Crippen LogP contribution in [0.5, 0.6) is 0 Å². The van der Waals surface area contributed by atoms with Crippen molar-refractivity contribution in [1.29, 1.82) is 0 Å². The van der Waals surface area contributed by atoms with Gasteiger partial charge < -0.3 is 0 Å². The molecule has 0 amide bonds. The second-order valence-electron chi connectivity index (χ2n) is 5.24. The quantitative estimate of drug-likeness (QED) is 0.687. The molecular formula is C17H12ClFN4. The molecule has 6 heteroatoms. The fourth-order valence-corrected chi connectivity index (χ4v) is 2.95. The summed E-state index contributed by atoms with van der Waals surface area (Å²) in [5.74, 6) is 0.520. The van der Waals surface area contributed by atoms with Gasteiger partial charge in [0.25, 0.3) is 0 Å². The van der Waals surface area contributed by atoms with Crippen LogP contribution in [0.3, 0.4) is 0 Å². The van der Waals surface area contributed by atoms with Gasteiger partial charge in [0, 0.05) is 29.1 Å². The lowest BCUT2D eigenvalue weighted by Gasteiger charge is -2.18. The minimum atomic E-state index is -0.304. The molecule has 4 rings (SSSR count). The van der Waals surface area contributed by atoms with Gasteiger partial charge in [-0.3, -0.25) is 9.56 Å². The van der Waals surface area contributed by atoms with Crippen molar-refractivity contribution >= 4 is 17.3 Å². The van der Waals surface area contributed by atoms with E-state index in [0.29, 0.717) is 29.3 Å². The van der Waals surface area contributed by atoms with Crippen LogP contribution in [-0.4, -0.2) is 27.0 Å². The average Bonchev–Trinajstić information content (AvgIpc) is 2.99. The summed E-state index contributed by atoms with van der Waals surface area (Å²) in [6.45, 7) is 0.508. The van der Waals surface area contributed by atoms with Crippen molar-refractivity contribution in [2.45, 2.75) is 6.42 Å². The molecule has 1 aliphatic heterocycles. The predicted molar refractivity (Wildman–Crippen MR) is 87.0 cm³/mol. The van der Waals surface area contributed by atoms with Crippen molar-refractivity contribution in [1.82, 2.24) is 14.8 Å². The van der Waals surface area contributed by atoms with Crippen LogP contribution in [0.1, 0.15) is 17.0 Å². The number of halogens is 2. The molecule has 23 heavy (non-hydrogen) atoms. The summed E-state index contributed by atoms with van der Waals surface area (Å²) in [6, 6.07) is 12.1. The molecule has 1 aromatic heterocycles. The highest BCUT2D eigenvalue weighted by atomic mass is 35.5. The third kappa shape index (κ3) is 2.43. The van der Waals surface area contributed by atoms with E-state index in [1.54, 1.807) is 36.7 Å². The molecule has 0 spiro atoms. The number of rotatable bonds is 1. The molecule has 3 aromatic rings.